The van der Waals surface area contributed by atoms with Crippen LogP contribution < -0.4 is 5.32 Å². The van der Waals surface area contributed by atoms with Gasteiger partial charge in [0.2, 0.25) is 5.82 Å². The van der Waals surface area contributed by atoms with Crippen molar-refractivity contribution in [2.75, 3.05) is 11.1 Å². The molecule has 1 aliphatic rings. The highest BCUT2D eigenvalue weighted by atomic mass is 32.2. The molecule has 1 N–H and O–H groups in total. The summed E-state index contributed by atoms with van der Waals surface area (Å²) in [6.45, 7) is 6.64. The Morgan fingerprint density at radius 2 is 2.24 bits per heavy atom. The van der Waals surface area contributed by atoms with E-state index in [0.29, 0.717) is 29.3 Å². The van der Waals surface area contributed by atoms with Crippen LogP contribution in [-0.4, -0.2) is 31.7 Å². The van der Waals surface area contributed by atoms with Gasteiger partial charge in [-0.2, -0.15) is 16.9 Å². The van der Waals surface area contributed by atoms with E-state index in [1.54, 1.807) is 11.6 Å². The second-order valence-electron chi connectivity index (χ2n) is 5.49. The van der Waals surface area contributed by atoms with Crippen molar-refractivity contribution in [3.63, 3.8) is 0 Å². The Balaban J connectivity index is 2.16. The van der Waals surface area contributed by atoms with Crippen molar-refractivity contribution in [3.8, 4) is 0 Å². The molecular formula is C14H24N4O2S. The second kappa shape index (κ2) is 7.15. The molecule has 1 aromatic rings. The molecule has 6 nitrogen and oxygen atoms in total. The molecule has 1 saturated carbocycles. The molecule has 2 atom stereocenters. The lowest BCUT2D eigenvalue weighted by molar-refractivity contribution is -0.384. The van der Waals surface area contributed by atoms with Crippen LogP contribution in [0.5, 0.6) is 0 Å². The molecule has 0 spiro atoms. The molecule has 118 valence electrons. The quantitative estimate of drug-likeness (QED) is 0.615. The van der Waals surface area contributed by atoms with Crippen molar-refractivity contribution in [1.29, 1.82) is 0 Å². The lowest BCUT2D eigenvalue weighted by Gasteiger charge is -2.15. The third kappa shape index (κ3) is 3.70. The Bertz CT molecular complexity index is 503. The van der Waals surface area contributed by atoms with Gasteiger partial charge < -0.3 is 5.32 Å². The summed E-state index contributed by atoms with van der Waals surface area (Å²) in [7, 11) is 0. The van der Waals surface area contributed by atoms with Gasteiger partial charge in [-0.15, -0.1) is 0 Å². The van der Waals surface area contributed by atoms with Gasteiger partial charge in [-0.05, 0) is 38.4 Å². The highest BCUT2D eigenvalue weighted by Crippen LogP contribution is 2.35. The first kappa shape index (κ1) is 16.1. The zero-order chi connectivity index (χ0) is 15.4. The molecule has 2 unspecified atom stereocenters. The van der Waals surface area contributed by atoms with Crippen LogP contribution in [0.4, 0.5) is 11.5 Å². The Morgan fingerprint density at radius 3 is 2.86 bits per heavy atom. The average Bonchev–Trinajstić information content (AvgIpc) is 2.96. The maximum atomic E-state index is 11.3. The third-order valence-electron chi connectivity index (χ3n) is 3.84. The van der Waals surface area contributed by atoms with Crippen LogP contribution in [-0.2, 0) is 6.54 Å². The van der Waals surface area contributed by atoms with Gasteiger partial charge in [0.1, 0.15) is 5.69 Å². The van der Waals surface area contributed by atoms with Gasteiger partial charge in [0.25, 0.3) is 0 Å². The first-order valence-corrected chi connectivity index (χ1v) is 8.71. The summed E-state index contributed by atoms with van der Waals surface area (Å²) in [5, 5.41) is 19.7. The van der Waals surface area contributed by atoms with E-state index in [1.807, 2.05) is 11.8 Å². The van der Waals surface area contributed by atoms with Crippen molar-refractivity contribution >= 4 is 23.3 Å². The number of nitrogens with zero attached hydrogens (tertiary/aromatic N) is 3. The van der Waals surface area contributed by atoms with Crippen LogP contribution >= 0.6 is 11.8 Å². The lowest BCUT2D eigenvalue weighted by atomic mass is 10.2. The van der Waals surface area contributed by atoms with Crippen molar-refractivity contribution in [3.05, 3.63) is 15.8 Å². The molecule has 1 fully saturated rings. The van der Waals surface area contributed by atoms with Crippen LogP contribution in [0.2, 0.25) is 0 Å². The average molecular weight is 312 g/mol. The molecular weight excluding hydrogens is 288 g/mol. The lowest BCUT2D eigenvalue weighted by Crippen LogP contribution is -2.19. The summed E-state index contributed by atoms with van der Waals surface area (Å²) in [6.07, 6.45) is 4.24. The Kier molecular flexibility index (Phi) is 5.50. The zero-order valence-corrected chi connectivity index (χ0v) is 13.8. The van der Waals surface area contributed by atoms with Crippen LogP contribution in [0, 0.1) is 17.0 Å². The Morgan fingerprint density at radius 1 is 1.48 bits per heavy atom. The van der Waals surface area contributed by atoms with E-state index in [1.165, 1.54) is 6.42 Å². The van der Waals surface area contributed by atoms with Gasteiger partial charge in [0.15, 0.2) is 0 Å². The highest BCUT2D eigenvalue weighted by Gasteiger charge is 2.30. The number of aryl methyl sites for hydroxylation is 2. The molecule has 0 radical (unpaired) electrons. The maximum absolute atomic E-state index is 11.3. The molecule has 0 aliphatic heterocycles. The predicted octanol–water partition coefficient (Wildman–Crippen LogP) is 3.60. The van der Waals surface area contributed by atoms with Crippen LogP contribution in [0.25, 0.3) is 0 Å². The molecule has 1 heterocycles. The summed E-state index contributed by atoms with van der Waals surface area (Å²) >= 11 is 1.99. The largest absolute Gasteiger partial charge is 0.362 e. The van der Waals surface area contributed by atoms with E-state index < -0.39 is 0 Å². The highest BCUT2D eigenvalue weighted by molar-refractivity contribution is 7.99. The smallest absolute Gasteiger partial charge is 0.333 e. The molecule has 1 aromatic heterocycles. The molecule has 0 aromatic carbocycles. The molecule has 1 aliphatic carbocycles. The van der Waals surface area contributed by atoms with Crippen LogP contribution in [0.3, 0.4) is 0 Å². The molecule has 0 amide bonds. The van der Waals surface area contributed by atoms with Gasteiger partial charge in [0.05, 0.1) is 4.92 Å². The Labute approximate surface area is 129 Å². The summed E-state index contributed by atoms with van der Waals surface area (Å²) in [6, 6.07) is 0.319. The summed E-state index contributed by atoms with van der Waals surface area (Å²) in [5.74, 6) is 1.72. The number of aromatic nitrogens is 2. The Hall–Kier alpha value is -1.24. The van der Waals surface area contributed by atoms with Gasteiger partial charge in [-0.25, -0.2) is 4.68 Å². The first-order chi connectivity index (χ1) is 10.1. The summed E-state index contributed by atoms with van der Waals surface area (Å²) in [5.41, 5.74) is 0.628. The first-order valence-electron chi connectivity index (χ1n) is 7.66. The summed E-state index contributed by atoms with van der Waals surface area (Å²) in [4.78, 5) is 11.0. The minimum Gasteiger partial charge on any atom is -0.362 e. The number of hydrogen-bond donors (Lipinski definition) is 1. The molecule has 0 bridgehead atoms. The van der Waals surface area contributed by atoms with Crippen LogP contribution in [0.1, 0.15) is 45.2 Å². The van der Waals surface area contributed by atoms with Crippen LogP contribution in [0.15, 0.2) is 0 Å². The van der Waals surface area contributed by atoms with E-state index in [-0.39, 0.29) is 10.6 Å². The normalized spacial score (nSPS) is 21.7. The third-order valence-corrected chi connectivity index (χ3v) is 5.07. The van der Waals surface area contributed by atoms with Gasteiger partial charge in [-0.3, -0.25) is 10.1 Å². The monoisotopic (exact) mass is 312 g/mol. The van der Waals surface area contributed by atoms with E-state index in [4.69, 9.17) is 0 Å². The van der Waals surface area contributed by atoms with E-state index in [9.17, 15) is 10.1 Å². The zero-order valence-electron chi connectivity index (χ0n) is 13.0. The standard InChI is InChI=1S/C14H24N4O2S/c1-4-8-17-14(13(18(19)20)10(3)16-17)15-11-6-7-12(9-11)21-5-2/h11-12,15H,4-9H2,1-3H3. The number of rotatable bonds is 7. The van der Waals surface area contributed by atoms with E-state index in [2.05, 4.69) is 24.3 Å². The molecule has 21 heavy (non-hydrogen) atoms. The maximum Gasteiger partial charge on any atom is 0.333 e. The number of nitrogens with one attached hydrogen (secondary N) is 1. The van der Waals surface area contributed by atoms with Gasteiger partial charge in [-0.1, -0.05) is 13.8 Å². The van der Waals surface area contributed by atoms with Crippen molar-refractivity contribution in [2.24, 2.45) is 0 Å². The van der Waals surface area contributed by atoms with Crippen molar-refractivity contribution in [1.82, 2.24) is 9.78 Å². The topological polar surface area (TPSA) is 73.0 Å². The fourth-order valence-electron chi connectivity index (χ4n) is 2.96. The van der Waals surface area contributed by atoms with E-state index in [0.717, 1.165) is 25.0 Å². The molecule has 7 heteroatoms. The minimum absolute atomic E-state index is 0.134. The fraction of sp³-hybridized carbons (Fsp3) is 0.786. The molecule has 2 rings (SSSR count). The second-order valence-corrected chi connectivity index (χ2v) is 7.07. The molecule has 0 saturated heterocycles. The van der Waals surface area contributed by atoms with Gasteiger partial charge in [0, 0.05) is 17.8 Å². The number of hydrogen-bond acceptors (Lipinski definition) is 5. The number of thioether (sulfide) groups is 1. The van der Waals surface area contributed by atoms with E-state index >= 15 is 0 Å². The predicted molar refractivity (Wildman–Crippen MR) is 87.1 cm³/mol. The SMILES string of the molecule is CCCn1nc(C)c([N+](=O)[O-])c1NC1CCC(SCC)C1. The number of nitro groups is 1. The number of anilines is 1. The minimum atomic E-state index is -0.315. The van der Waals surface area contributed by atoms with Gasteiger partial charge >= 0.3 is 5.69 Å². The summed E-state index contributed by atoms with van der Waals surface area (Å²) < 4.78 is 1.76. The fourth-order valence-corrected chi connectivity index (χ4v) is 4.10. The van der Waals surface area contributed by atoms with Crippen molar-refractivity contribution < 1.29 is 4.92 Å². The van der Waals surface area contributed by atoms with Crippen molar-refractivity contribution in [2.45, 2.75) is 64.3 Å².